The van der Waals surface area contributed by atoms with Gasteiger partial charge in [-0.2, -0.15) is 0 Å². The summed E-state index contributed by atoms with van der Waals surface area (Å²) in [5.41, 5.74) is 2.00. The SMILES string of the molecule is COc1ccc2c(c1OC)C(=O)N[C@@H]1CN(c3cccc(Cl)c3)C(=O)C[C@@H]21. The van der Waals surface area contributed by atoms with Crippen LogP contribution >= 0.6 is 11.6 Å². The number of halogens is 1. The van der Waals surface area contributed by atoms with E-state index in [2.05, 4.69) is 5.32 Å². The van der Waals surface area contributed by atoms with Crippen LogP contribution in [0, 0.1) is 0 Å². The second-order valence-corrected chi connectivity index (χ2v) is 7.08. The third kappa shape index (κ3) is 2.90. The second kappa shape index (κ2) is 6.78. The van der Waals surface area contributed by atoms with Crippen molar-refractivity contribution < 1.29 is 19.1 Å². The fourth-order valence-electron chi connectivity index (χ4n) is 3.96. The van der Waals surface area contributed by atoms with E-state index >= 15 is 0 Å². The van der Waals surface area contributed by atoms with Crippen molar-refractivity contribution in [2.24, 2.45) is 0 Å². The summed E-state index contributed by atoms with van der Waals surface area (Å²) in [6.45, 7) is 0.392. The van der Waals surface area contributed by atoms with Crippen LogP contribution < -0.4 is 19.7 Å². The lowest BCUT2D eigenvalue weighted by Gasteiger charge is -2.42. The van der Waals surface area contributed by atoms with Gasteiger partial charge in [-0.3, -0.25) is 9.59 Å². The standard InChI is InChI=1S/C20H19ClN2O4/c1-26-16-7-6-13-14-9-17(24)23(12-5-3-4-11(21)8-12)10-15(14)22-20(25)18(13)19(16)27-2/h3-8,14-15H,9-10H2,1-2H3,(H,22,25)/t14-,15+/m0/s1. The number of carbonyl (C=O) groups is 2. The maximum atomic E-state index is 12.8. The minimum absolute atomic E-state index is 0.00426. The molecular formula is C20H19ClN2O4. The van der Waals surface area contributed by atoms with E-state index in [1.165, 1.54) is 14.2 Å². The van der Waals surface area contributed by atoms with Gasteiger partial charge >= 0.3 is 0 Å². The Balaban J connectivity index is 1.72. The van der Waals surface area contributed by atoms with Crippen LogP contribution in [-0.2, 0) is 4.79 Å². The first kappa shape index (κ1) is 17.7. The molecular weight excluding hydrogens is 368 g/mol. The Morgan fingerprint density at radius 2 is 1.96 bits per heavy atom. The van der Waals surface area contributed by atoms with E-state index in [4.69, 9.17) is 21.1 Å². The largest absolute Gasteiger partial charge is 0.493 e. The molecule has 2 aromatic rings. The zero-order chi connectivity index (χ0) is 19.1. The van der Waals surface area contributed by atoms with Crippen LogP contribution in [0.1, 0.15) is 28.3 Å². The minimum Gasteiger partial charge on any atom is -0.493 e. The lowest BCUT2D eigenvalue weighted by atomic mass is 9.79. The molecule has 1 fully saturated rings. The molecule has 0 aromatic heterocycles. The van der Waals surface area contributed by atoms with E-state index in [9.17, 15) is 9.59 Å². The average molecular weight is 387 g/mol. The fraction of sp³-hybridized carbons (Fsp3) is 0.300. The van der Waals surface area contributed by atoms with Gasteiger partial charge in [0, 0.05) is 29.6 Å². The number of hydrogen-bond acceptors (Lipinski definition) is 4. The maximum absolute atomic E-state index is 12.8. The Hall–Kier alpha value is -2.73. The van der Waals surface area contributed by atoms with Gasteiger partial charge in [0.25, 0.3) is 5.91 Å². The molecule has 2 aliphatic heterocycles. The molecule has 0 radical (unpaired) electrons. The third-order valence-corrected chi connectivity index (χ3v) is 5.44. The number of amides is 2. The van der Waals surface area contributed by atoms with Gasteiger partial charge in [0.2, 0.25) is 5.91 Å². The lowest BCUT2D eigenvalue weighted by Crippen LogP contribution is -2.56. The second-order valence-electron chi connectivity index (χ2n) is 6.64. The molecule has 0 aliphatic carbocycles. The zero-order valence-corrected chi connectivity index (χ0v) is 15.7. The number of hydrogen-bond donors (Lipinski definition) is 1. The quantitative estimate of drug-likeness (QED) is 0.880. The normalized spacial score (nSPS) is 21.2. The van der Waals surface area contributed by atoms with Gasteiger partial charge in [-0.25, -0.2) is 0 Å². The number of anilines is 1. The smallest absolute Gasteiger partial charge is 0.255 e. The predicted molar refractivity (Wildman–Crippen MR) is 102 cm³/mol. The Bertz CT molecular complexity index is 930. The summed E-state index contributed by atoms with van der Waals surface area (Å²) in [5.74, 6) is 0.557. The highest BCUT2D eigenvalue weighted by Crippen LogP contribution is 2.43. The molecule has 27 heavy (non-hydrogen) atoms. The molecule has 4 rings (SSSR count). The summed E-state index contributed by atoms with van der Waals surface area (Å²) in [5, 5.41) is 3.60. The van der Waals surface area contributed by atoms with Crippen molar-refractivity contribution in [3.8, 4) is 11.5 Å². The van der Waals surface area contributed by atoms with Crippen molar-refractivity contribution in [1.29, 1.82) is 0 Å². The van der Waals surface area contributed by atoms with Gasteiger partial charge in [0.1, 0.15) is 0 Å². The number of fused-ring (bicyclic) bond motifs is 3. The molecule has 2 amide bonds. The monoisotopic (exact) mass is 386 g/mol. The first-order valence-electron chi connectivity index (χ1n) is 8.65. The summed E-state index contributed by atoms with van der Waals surface area (Å²) in [7, 11) is 3.03. The molecule has 2 heterocycles. The van der Waals surface area contributed by atoms with Crippen molar-refractivity contribution in [1.82, 2.24) is 5.32 Å². The van der Waals surface area contributed by atoms with E-state index < -0.39 is 0 Å². The molecule has 2 aliphatic rings. The Labute approximate surface area is 162 Å². The molecule has 0 unspecified atom stereocenters. The highest BCUT2D eigenvalue weighted by molar-refractivity contribution is 6.30. The van der Waals surface area contributed by atoms with Crippen molar-refractivity contribution in [2.45, 2.75) is 18.4 Å². The van der Waals surface area contributed by atoms with Crippen LogP contribution in [0.3, 0.4) is 0 Å². The zero-order valence-electron chi connectivity index (χ0n) is 15.0. The van der Waals surface area contributed by atoms with Crippen molar-refractivity contribution in [3.63, 3.8) is 0 Å². The van der Waals surface area contributed by atoms with Crippen LogP contribution in [0.15, 0.2) is 36.4 Å². The number of piperidine rings is 1. The van der Waals surface area contributed by atoms with Gasteiger partial charge in [-0.15, -0.1) is 0 Å². The molecule has 0 spiro atoms. The molecule has 2 atom stereocenters. The average Bonchev–Trinajstić information content (AvgIpc) is 2.67. The fourth-order valence-corrected chi connectivity index (χ4v) is 4.14. The number of methoxy groups -OCH3 is 2. The molecule has 0 bridgehead atoms. The van der Waals surface area contributed by atoms with E-state index in [-0.39, 0.29) is 23.8 Å². The molecule has 1 N–H and O–H groups in total. The van der Waals surface area contributed by atoms with E-state index in [1.54, 1.807) is 23.1 Å². The maximum Gasteiger partial charge on any atom is 0.255 e. The number of ether oxygens (including phenoxy) is 2. The number of nitrogens with zero attached hydrogens (tertiary/aromatic N) is 1. The first-order valence-corrected chi connectivity index (χ1v) is 9.03. The number of nitrogens with one attached hydrogen (secondary N) is 1. The first-order chi connectivity index (χ1) is 13.0. The van der Waals surface area contributed by atoms with Gasteiger partial charge in [0.05, 0.1) is 25.8 Å². The van der Waals surface area contributed by atoms with Crippen LogP contribution in [-0.4, -0.2) is 38.6 Å². The van der Waals surface area contributed by atoms with Gasteiger partial charge in [-0.1, -0.05) is 23.7 Å². The van der Waals surface area contributed by atoms with Crippen LogP contribution in [0.4, 0.5) is 5.69 Å². The summed E-state index contributed by atoms with van der Waals surface area (Å²) in [4.78, 5) is 27.3. The summed E-state index contributed by atoms with van der Waals surface area (Å²) in [6, 6.07) is 10.6. The van der Waals surface area contributed by atoms with Crippen molar-refractivity contribution in [2.75, 3.05) is 25.7 Å². The summed E-state index contributed by atoms with van der Waals surface area (Å²) in [6.07, 6.45) is 0.292. The molecule has 0 saturated carbocycles. The van der Waals surface area contributed by atoms with Gasteiger partial charge in [0.15, 0.2) is 11.5 Å². The number of carbonyl (C=O) groups excluding carboxylic acids is 2. The Kier molecular flexibility index (Phi) is 4.44. The van der Waals surface area contributed by atoms with Crippen LogP contribution in [0.25, 0.3) is 0 Å². The molecule has 140 valence electrons. The van der Waals surface area contributed by atoms with E-state index in [0.717, 1.165) is 11.3 Å². The lowest BCUT2D eigenvalue weighted by molar-refractivity contribution is -0.120. The topological polar surface area (TPSA) is 67.9 Å². The molecule has 1 saturated heterocycles. The summed E-state index contributed by atoms with van der Waals surface area (Å²) < 4.78 is 10.7. The van der Waals surface area contributed by atoms with Gasteiger partial charge in [-0.05, 0) is 29.8 Å². The predicted octanol–water partition coefficient (Wildman–Crippen LogP) is 2.99. The number of benzene rings is 2. The Morgan fingerprint density at radius 3 is 2.67 bits per heavy atom. The highest BCUT2D eigenvalue weighted by Gasteiger charge is 2.43. The van der Waals surface area contributed by atoms with E-state index in [1.807, 2.05) is 18.2 Å². The Morgan fingerprint density at radius 1 is 1.15 bits per heavy atom. The summed E-state index contributed by atoms with van der Waals surface area (Å²) >= 11 is 6.07. The van der Waals surface area contributed by atoms with Crippen molar-refractivity contribution in [3.05, 3.63) is 52.5 Å². The molecule has 2 aromatic carbocycles. The van der Waals surface area contributed by atoms with Gasteiger partial charge < -0.3 is 19.7 Å². The number of rotatable bonds is 3. The van der Waals surface area contributed by atoms with E-state index in [0.29, 0.717) is 35.1 Å². The highest BCUT2D eigenvalue weighted by atomic mass is 35.5. The van der Waals surface area contributed by atoms with Crippen LogP contribution in [0.2, 0.25) is 5.02 Å². The minimum atomic E-state index is -0.220. The van der Waals surface area contributed by atoms with Crippen molar-refractivity contribution >= 4 is 29.1 Å². The molecule has 7 heteroatoms. The third-order valence-electron chi connectivity index (χ3n) is 5.20. The molecule has 6 nitrogen and oxygen atoms in total. The van der Waals surface area contributed by atoms with Crippen LogP contribution in [0.5, 0.6) is 11.5 Å².